The average Bonchev–Trinajstić information content (AvgIpc) is 2.62. The molecule has 1 fully saturated rings. The van der Waals surface area contributed by atoms with Crippen LogP contribution in [0, 0.1) is 13.8 Å². The molecule has 4 heterocycles. The highest BCUT2D eigenvalue weighted by Crippen LogP contribution is 2.24. The van der Waals surface area contributed by atoms with Crippen molar-refractivity contribution in [2.24, 2.45) is 0 Å². The van der Waals surface area contributed by atoms with E-state index in [1.165, 1.54) is 5.69 Å². The fourth-order valence-electron chi connectivity index (χ4n) is 2.81. The van der Waals surface area contributed by atoms with Gasteiger partial charge in [0.1, 0.15) is 5.82 Å². The maximum absolute atomic E-state index is 4.65. The Kier molecular flexibility index (Phi) is 3.97. The topological polar surface area (TPSA) is 79.7 Å². The highest BCUT2D eigenvalue weighted by molar-refractivity contribution is 5.56. The van der Waals surface area contributed by atoms with E-state index in [4.69, 9.17) is 0 Å². The summed E-state index contributed by atoms with van der Waals surface area (Å²) < 4.78 is 0. The normalized spacial score (nSPS) is 14.2. The van der Waals surface area contributed by atoms with E-state index in [1.807, 2.05) is 38.4 Å². The molecule has 1 saturated heterocycles. The van der Waals surface area contributed by atoms with E-state index in [9.17, 15) is 0 Å². The molecule has 0 amide bonds. The maximum atomic E-state index is 4.65. The van der Waals surface area contributed by atoms with Gasteiger partial charge >= 0.3 is 0 Å². The standard InChI is InChI=1S/C18H19N7/c1-12-13(2)22-18(17-20-6-3-7-21-17)24-16(12)23-14-10-25(11-14)15-4-8-19-9-5-15/h3-9,14H,10-11H2,1-2H3,(H,22,23,24). The van der Waals surface area contributed by atoms with E-state index in [0.29, 0.717) is 17.7 Å². The van der Waals surface area contributed by atoms with Gasteiger partial charge in [-0.05, 0) is 32.0 Å². The molecule has 0 aromatic carbocycles. The minimum atomic E-state index is 0.353. The van der Waals surface area contributed by atoms with Crippen LogP contribution >= 0.6 is 0 Å². The lowest BCUT2D eigenvalue weighted by atomic mass is 10.1. The van der Waals surface area contributed by atoms with Crippen molar-refractivity contribution in [3.05, 3.63) is 54.2 Å². The maximum Gasteiger partial charge on any atom is 0.199 e. The summed E-state index contributed by atoms with van der Waals surface area (Å²) in [4.78, 5) is 24.0. The van der Waals surface area contributed by atoms with Gasteiger partial charge in [-0.1, -0.05) is 0 Å². The number of anilines is 2. The fourth-order valence-corrected chi connectivity index (χ4v) is 2.81. The van der Waals surface area contributed by atoms with Crippen LogP contribution in [0.4, 0.5) is 11.5 Å². The number of hydrogen-bond donors (Lipinski definition) is 1. The number of rotatable bonds is 4. The van der Waals surface area contributed by atoms with Crippen LogP contribution in [0.25, 0.3) is 11.6 Å². The minimum Gasteiger partial charge on any atom is -0.367 e. The molecule has 7 heteroatoms. The van der Waals surface area contributed by atoms with Crippen molar-refractivity contribution in [1.29, 1.82) is 0 Å². The molecule has 7 nitrogen and oxygen atoms in total. The Morgan fingerprint density at radius 3 is 2.40 bits per heavy atom. The Labute approximate surface area is 146 Å². The molecule has 0 aliphatic carbocycles. The molecule has 126 valence electrons. The van der Waals surface area contributed by atoms with Gasteiger partial charge < -0.3 is 10.2 Å². The van der Waals surface area contributed by atoms with E-state index >= 15 is 0 Å². The van der Waals surface area contributed by atoms with Gasteiger partial charge in [-0.2, -0.15) is 0 Å². The smallest absolute Gasteiger partial charge is 0.199 e. The summed E-state index contributed by atoms with van der Waals surface area (Å²) in [6.45, 7) is 5.89. The summed E-state index contributed by atoms with van der Waals surface area (Å²) in [7, 11) is 0. The predicted molar refractivity (Wildman–Crippen MR) is 96.4 cm³/mol. The number of aryl methyl sites for hydroxylation is 1. The monoisotopic (exact) mass is 333 g/mol. The Morgan fingerprint density at radius 1 is 0.960 bits per heavy atom. The van der Waals surface area contributed by atoms with Gasteiger partial charge in [-0.15, -0.1) is 0 Å². The zero-order chi connectivity index (χ0) is 17.2. The lowest BCUT2D eigenvalue weighted by molar-refractivity contribution is 0.548. The van der Waals surface area contributed by atoms with E-state index in [0.717, 1.165) is 30.2 Å². The Balaban J connectivity index is 1.51. The lowest BCUT2D eigenvalue weighted by Crippen LogP contribution is -2.55. The molecule has 0 spiro atoms. The highest BCUT2D eigenvalue weighted by atomic mass is 15.3. The average molecular weight is 333 g/mol. The van der Waals surface area contributed by atoms with Crippen LogP contribution in [-0.4, -0.2) is 44.1 Å². The number of hydrogen-bond acceptors (Lipinski definition) is 7. The van der Waals surface area contributed by atoms with Gasteiger partial charge in [0.15, 0.2) is 11.6 Å². The molecule has 0 bridgehead atoms. The molecular weight excluding hydrogens is 314 g/mol. The predicted octanol–water partition coefficient (Wildman–Crippen LogP) is 2.25. The SMILES string of the molecule is Cc1nc(-c2ncccn2)nc(NC2CN(c3ccncc3)C2)c1C. The first-order chi connectivity index (χ1) is 12.2. The van der Waals surface area contributed by atoms with E-state index in [2.05, 4.69) is 35.1 Å². The van der Waals surface area contributed by atoms with Gasteiger partial charge in [-0.3, -0.25) is 4.98 Å². The molecule has 1 aliphatic rings. The van der Waals surface area contributed by atoms with Crippen LogP contribution in [-0.2, 0) is 0 Å². The second-order valence-corrected chi connectivity index (χ2v) is 6.13. The fraction of sp³-hybridized carbons (Fsp3) is 0.278. The van der Waals surface area contributed by atoms with Crippen molar-refractivity contribution in [1.82, 2.24) is 24.9 Å². The Morgan fingerprint density at radius 2 is 1.68 bits per heavy atom. The molecule has 3 aromatic heterocycles. The second-order valence-electron chi connectivity index (χ2n) is 6.13. The third-order valence-electron chi connectivity index (χ3n) is 4.41. The largest absolute Gasteiger partial charge is 0.367 e. The van der Waals surface area contributed by atoms with Gasteiger partial charge in [0.2, 0.25) is 0 Å². The lowest BCUT2D eigenvalue weighted by Gasteiger charge is -2.41. The third kappa shape index (κ3) is 3.13. The van der Waals surface area contributed by atoms with Crippen LogP contribution in [0.15, 0.2) is 43.0 Å². The van der Waals surface area contributed by atoms with Crippen molar-refractivity contribution in [2.75, 3.05) is 23.3 Å². The van der Waals surface area contributed by atoms with Crippen LogP contribution in [0.5, 0.6) is 0 Å². The molecular formula is C18H19N7. The molecule has 3 aromatic rings. The summed E-state index contributed by atoms with van der Waals surface area (Å²) in [6, 6.07) is 6.19. The first-order valence-electron chi connectivity index (χ1n) is 8.25. The third-order valence-corrected chi connectivity index (χ3v) is 4.41. The summed E-state index contributed by atoms with van der Waals surface area (Å²) >= 11 is 0. The molecule has 0 saturated carbocycles. The molecule has 1 aliphatic heterocycles. The van der Waals surface area contributed by atoms with Crippen molar-refractivity contribution >= 4 is 11.5 Å². The highest BCUT2D eigenvalue weighted by Gasteiger charge is 2.28. The van der Waals surface area contributed by atoms with E-state index in [-0.39, 0.29) is 0 Å². The number of pyridine rings is 1. The van der Waals surface area contributed by atoms with Gasteiger partial charge in [0.25, 0.3) is 0 Å². The van der Waals surface area contributed by atoms with E-state index in [1.54, 1.807) is 18.5 Å². The summed E-state index contributed by atoms with van der Waals surface area (Å²) in [5.41, 5.74) is 3.19. The number of nitrogens with zero attached hydrogens (tertiary/aromatic N) is 6. The second kappa shape index (κ2) is 6.43. The van der Waals surface area contributed by atoms with Crippen molar-refractivity contribution in [2.45, 2.75) is 19.9 Å². The zero-order valence-corrected chi connectivity index (χ0v) is 14.2. The Hall–Kier alpha value is -3.09. The number of aromatic nitrogens is 5. The van der Waals surface area contributed by atoms with Crippen LogP contribution in [0.2, 0.25) is 0 Å². The minimum absolute atomic E-state index is 0.353. The van der Waals surface area contributed by atoms with Crippen LogP contribution < -0.4 is 10.2 Å². The summed E-state index contributed by atoms with van der Waals surface area (Å²) in [5, 5.41) is 3.53. The first kappa shape index (κ1) is 15.4. The van der Waals surface area contributed by atoms with Gasteiger partial charge in [0, 0.05) is 54.8 Å². The molecule has 1 N–H and O–H groups in total. The molecule has 0 atom stereocenters. The molecule has 25 heavy (non-hydrogen) atoms. The summed E-state index contributed by atoms with van der Waals surface area (Å²) in [5.74, 6) is 1.95. The van der Waals surface area contributed by atoms with Crippen molar-refractivity contribution in [3.63, 3.8) is 0 Å². The molecule has 4 rings (SSSR count). The summed E-state index contributed by atoms with van der Waals surface area (Å²) in [6.07, 6.45) is 7.04. The van der Waals surface area contributed by atoms with Gasteiger partial charge in [0.05, 0.1) is 6.04 Å². The zero-order valence-electron chi connectivity index (χ0n) is 14.2. The van der Waals surface area contributed by atoms with Crippen molar-refractivity contribution in [3.8, 4) is 11.6 Å². The van der Waals surface area contributed by atoms with Gasteiger partial charge in [-0.25, -0.2) is 19.9 Å². The van der Waals surface area contributed by atoms with Crippen LogP contribution in [0.3, 0.4) is 0 Å². The van der Waals surface area contributed by atoms with Crippen LogP contribution in [0.1, 0.15) is 11.3 Å². The first-order valence-corrected chi connectivity index (χ1v) is 8.25. The van der Waals surface area contributed by atoms with Crippen molar-refractivity contribution < 1.29 is 0 Å². The Bertz CT molecular complexity index is 861. The molecule has 0 radical (unpaired) electrons. The molecule has 0 unspecified atom stereocenters. The quantitative estimate of drug-likeness (QED) is 0.784. The van der Waals surface area contributed by atoms with E-state index < -0.39 is 0 Å². The number of nitrogens with one attached hydrogen (secondary N) is 1.